The van der Waals surface area contributed by atoms with Crippen molar-refractivity contribution >= 4 is 35.1 Å². The summed E-state index contributed by atoms with van der Waals surface area (Å²) in [6.45, 7) is 7.80. The molecule has 0 aliphatic carbocycles. The minimum absolute atomic E-state index is 0.690. The summed E-state index contributed by atoms with van der Waals surface area (Å²) in [5, 5.41) is 12.0. The van der Waals surface area contributed by atoms with E-state index in [0.29, 0.717) is 10.5 Å². The molecule has 1 aromatic heterocycles. The van der Waals surface area contributed by atoms with Gasteiger partial charge < -0.3 is 5.11 Å². The average Bonchev–Trinajstić information content (AvgIpc) is 2.72. The zero-order chi connectivity index (χ0) is 13.8. The molecule has 1 aliphatic rings. The lowest BCUT2D eigenvalue weighted by Crippen LogP contribution is -2.39. The van der Waals surface area contributed by atoms with E-state index in [1.54, 1.807) is 17.4 Å². The molecule has 1 fully saturated rings. The third kappa shape index (κ3) is 4.67. The van der Waals surface area contributed by atoms with Crippen molar-refractivity contribution in [1.29, 1.82) is 0 Å². The molecule has 1 N–H and O–H groups in total. The summed E-state index contributed by atoms with van der Waals surface area (Å²) in [6, 6.07) is 2.08. The third-order valence-corrected chi connectivity index (χ3v) is 5.13. The van der Waals surface area contributed by atoms with E-state index in [-0.39, 0.29) is 0 Å². The Morgan fingerprint density at radius 3 is 2.79 bits per heavy atom. The molecule has 0 amide bonds. The van der Waals surface area contributed by atoms with Gasteiger partial charge in [0.15, 0.2) is 0 Å². The first kappa shape index (κ1) is 14.6. The molecule has 2 rings (SSSR count). The summed E-state index contributed by atoms with van der Waals surface area (Å²) in [5.41, 5.74) is 0.981. The van der Waals surface area contributed by atoms with E-state index in [4.69, 9.17) is 5.11 Å². The standard InChI is InChI=1S/C14H19NO2S2/c1-10-6-15(7-11(2)19-10)8-13-5-12(9-18-13)3-4-14(16)17/h3-5,9-11H,6-8H2,1-2H3,(H,16,17). The monoisotopic (exact) mass is 297 g/mol. The highest BCUT2D eigenvalue weighted by Crippen LogP contribution is 2.27. The molecule has 2 heterocycles. The quantitative estimate of drug-likeness (QED) is 0.867. The topological polar surface area (TPSA) is 40.5 Å². The van der Waals surface area contributed by atoms with Gasteiger partial charge >= 0.3 is 5.97 Å². The maximum Gasteiger partial charge on any atom is 0.328 e. The summed E-state index contributed by atoms with van der Waals surface area (Å²) < 4.78 is 0. The van der Waals surface area contributed by atoms with Gasteiger partial charge in [-0.1, -0.05) is 13.8 Å². The van der Waals surface area contributed by atoms with Gasteiger partial charge in [-0.3, -0.25) is 4.90 Å². The predicted molar refractivity (Wildman–Crippen MR) is 82.8 cm³/mol. The highest BCUT2D eigenvalue weighted by Gasteiger charge is 2.22. The number of rotatable bonds is 4. The molecule has 1 saturated heterocycles. The highest BCUT2D eigenvalue weighted by atomic mass is 32.2. The molecule has 19 heavy (non-hydrogen) atoms. The number of thiophene rings is 1. The third-order valence-electron chi connectivity index (χ3n) is 2.97. The van der Waals surface area contributed by atoms with Crippen LogP contribution >= 0.6 is 23.1 Å². The van der Waals surface area contributed by atoms with Crippen LogP contribution in [0, 0.1) is 0 Å². The molecule has 3 nitrogen and oxygen atoms in total. The van der Waals surface area contributed by atoms with Gasteiger partial charge in [0.2, 0.25) is 0 Å². The van der Waals surface area contributed by atoms with Gasteiger partial charge in [-0.15, -0.1) is 11.3 Å². The van der Waals surface area contributed by atoms with Gasteiger partial charge in [0.25, 0.3) is 0 Å². The molecule has 1 aromatic rings. The van der Waals surface area contributed by atoms with E-state index in [2.05, 4.69) is 36.6 Å². The predicted octanol–water partition coefficient (Wildman–Crippen LogP) is 3.17. The first-order valence-corrected chi connectivity index (χ1v) is 8.21. The molecule has 0 aromatic carbocycles. The van der Waals surface area contributed by atoms with Crippen molar-refractivity contribution in [3.8, 4) is 0 Å². The van der Waals surface area contributed by atoms with Crippen molar-refractivity contribution in [2.45, 2.75) is 30.9 Å². The number of hydrogen-bond donors (Lipinski definition) is 1. The first-order valence-electron chi connectivity index (χ1n) is 6.39. The SMILES string of the molecule is CC1CN(Cc2cc(C=CC(=O)O)cs2)CC(C)S1. The fraction of sp³-hybridized carbons (Fsp3) is 0.500. The zero-order valence-electron chi connectivity index (χ0n) is 11.2. The molecule has 1 aliphatic heterocycles. The van der Waals surface area contributed by atoms with Crippen molar-refractivity contribution in [2.75, 3.05) is 13.1 Å². The lowest BCUT2D eigenvalue weighted by Gasteiger charge is -2.34. The first-order chi connectivity index (χ1) is 9.02. The Labute approximate surface area is 122 Å². The fourth-order valence-electron chi connectivity index (χ4n) is 2.37. The number of carbonyl (C=O) groups is 1. The number of nitrogens with zero attached hydrogens (tertiary/aromatic N) is 1. The van der Waals surface area contributed by atoms with Crippen LogP contribution in [0.15, 0.2) is 17.5 Å². The number of thioether (sulfide) groups is 1. The summed E-state index contributed by atoms with van der Waals surface area (Å²) in [7, 11) is 0. The summed E-state index contributed by atoms with van der Waals surface area (Å²) in [4.78, 5) is 14.3. The molecule has 0 spiro atoms. The smallest absolute Gasteiger partial charge is 0.328 e. The second-order valence-electron chi connectivity index (χ2n) is 4.97. The van der Waals surface area contributed by atoms with E-state index in [0.717, 1.165) is 25.2 Å². The van der Waals surface area contributed by atoms with Crippen LogP contribution in [0.1, 0.15) is 24.3 Å². The number of hydrogen-bond acceptors (Lipinski definition) is 4. The van der Waals surface area contributed by atoms with Gasteiger partial charge in [0, 0.05) is 41.1 Å². The molecule has 104 valence electrons. The lowest BCUT2D eigenvalue weighted by molar-refractivity contribution is -0.131. The van der Waals surface area contributed by atoms with Gasteiger partial charge in [-0.05, 0) is 23.1 Å². The molecule has 0 radical (unpaired) electrons. The van der Waals surface area contributed by atoms with Crippen molar-refractivity contribution in [1.82, 2.24) is 4.90 Å². The van der Waals surface area contributed by atoms with Crippen LogP contribution < -0.4 is 0 Å². The van der Waals surface area contributed by atoms with Crippen molar-refractivity contribution in [3.05, 3.63) is 28.0 Å². The Bertz CT molecular complexity index is 460. The molecular weight excluding hydrogens is 278 g/mol. The van der Waals surface area contributed by atoms with Crippen LogP contribution in [-0.4, -0.2) is 39.6 Å². The highest BCUT2D eigenvalue weighted by molar-refractivity contribution is 8.00. The zero-order valence-corrected chi connectivity index (χ0v) is 12.8. The van der Waals surface area contributed by atoms with E-state index < -0.39 is 5.97 Å². The molecule has 2 unspecified atom stereocenters. The van der Waals surface area contributed by atoms with E-state index >= 15 is 0 Å². The maximum absolute atomic E-state index is 10.5. The fourth-order valence-corrected chi connectivity index (χ4v) is 4.65. The molecule has 2 atom stereocenters. The summed E-state index contributed by atoms with van der Waals surface area (Å²) in [6.07, 6.45) is 2.84. The molecule has 0 bridgehead atoms. The lowest BCUT2D eigenvalue weighted by atomic mass is 10.2. The van der Waals surface area contributed by atoms with Crippen molar-refractivity contribution in [2.24, 2.45) is 0 Å². The van der Waals surface area contributed by atoms with Crippen LogP contribution in [0.25, 0.3) is 6.08 Å². The van der Waals surface area contributed by atoms with Gasteiger partial charge in [0.05, 0.1) is 0 Å². The average molecular weight is 297 g/mol. The van der Waals surface area contributed by atoms with Gasteiger partial charge in [-0.25, -0.2) is 4.79 Å². The molecule has 0 saturated carbocycles. The molecular formula is C14H19NO2S2. The molecule has 5 heteroatoms. The van der Waals surface area contributed by atoms with Crippen molar-refractivity contribution < 1.29 is 9.90 Å². The summed E-state index contributed by atoms with van der Waals surface area (Å²) >= 11 is 3.76. The van der Waals surface area contributed by atoms with E-state index in [9.17, 15) is 4.79 Å². The number of carboxylic acids is 1. The Morgan fingerprint density at radius 2 is 2.16 bits per heavy atom. The second kappa shape index (κ2) is 6.59. The van der Waals surface area contributed by atoms with Crippen LogP contribution in [0.4, 0.5) is 0 Å². The largest absolute Gasteiger partial charge is 0.478 e. The van der Waals surface area contributed by atoms with E-state index in [1.165, 1.54) is 11.0 Å². The Kier molecular flexibility index (Phi) is 5.07. The van der Waals surface area contributed by atoms with Crippen LogP contribution in [-0.2, 0) is 11.3 Å². The Balaban J connectivity index is 1.94. The second-order valence-corrected chi connectivity index (χ2v) is 7.85. The Hall–Kier alpha value is -0.780. The maximum atomic E-state index is 10.5. The Morgan fingerprint density at radius 1 is 1.47 bits per heavy atom. The van der Waals surface area contributed by atoms with Crippen LogP contribution in [0.5, 0.6) is 0 Å². The minimum Gasteiger partial charge on any atom is -0.478 e. The van der Waals surface area contributed by atoms with E-state index in [1.807, 2.05) is 5.38 Å². The normalized spacial score (nSPS) is 24.9. The van der Waals surface area contributed by atoms with Crippen molar-refractivity contribution in [3.63, 3.8) is 0 Å². The van der Waals surface area contributed by atoms with Crippen LogP contribution in [0.3, 0.4) is 0 Å². The van der Waals surface area contributed by atoms with Gasteiger partial charge in [-0.2, -0.15) is 11.8 Å². The van der Waals surface area contributed by atoms with Crippen LogP contribution in [0.2, 0.25) is 0 Å². The minimum atomic E-state index is -0.900. The van der Waals surface area contributed by atoms with Gasteiger partial charge in [0.1, 0.15) is 0 Å². The number of carboxylic acid groups (broad SMARTS) is 1. The summed E-state index contributed by atoms with van der Waals surface area (Å²) in [5.74, 6) is -0.900. The number of aliphatic carboxylic acids is 1.